The number of benzene rings is 2. The Morgan fingerprint density at radius 1 is 1.08 bits per heavy atom. The van der Waals surface area contributed by atoms with Gasteiger partial charge in [-0.25, -0.2) is 13.5 Å². The van der Waals surface area contributed by atoms with Crippen molar-refractivity contribution >= 4 is 44.9 Å². The molecular formula is C28H35Cl2N3O5S. The van der Waals surface area contributed by atoms with E-state index >= 15 is 0 Å². The van der Waals surface area contributed by atoms with Crippen molar-refractivity contribution in [2.45, 2.75) is 68.6 Å². The minimum absolute atomic E-state index is 0.111. The normalized spacial score (nSPS) is 24.0. The number of halogens is 2. The SMILES string of the molecule is CC(C)N(C)[C@@H]1CC[C@H](N2CC[C@H](N(O)C(=O)c3cccc(Cl)c3)C2=O)[C@H](CS(=O)(=O)c2ccc(Cl)cc2)C1. The summed E-state index contributed by atoms with van der Waals surface area (Å²) in [7, 11) is -1.61. The van der Waals surface area contributed by atoms with Crippen LogP contribution in [0.5, 0.6) is 0 Å². The number of likely N-dealkylation sites (tertiary alicyclic amines) is 1. The molecule has 39 heavy (non-hydrogen) atoms. The summed E-state index contributed by atoms with van der Waals surface area (Å²) >= 11 is 12.0. The van der Waals surface area contributed by atoms with E-state index in [4.69, 9.17) is 23.2 Å². The maximum Gasteiger partial charge on any atom is 0.278 e. The molecule has 4 atom stereocenters. The van der Waals surface area contributed by atoms with Crippen LogP contribution in [0.2, 0.25) is 10.0 Å². The molecule has 1 saturated carbocycles. The average Bonchev–Trinajstić information content (AvgIpc) is 3.28. The molecule has 1 aliphatic heterocycles. The standard InChI is InChI=1S/C28H35Cl2N3O5S/c1-18(2)31(3)23-9-12-25(20(16-23)17-39(37,38)24-10-7-21(29)8-11-24)32-14-13-26(28(32)35)33(36)27(34)19-5-4-6-22(30)15-19/h4-8,10-11,15,18,20,23,25-26,36H,9,12-14,16-17H2,1-3H3/t20-,23+,25-,26-/m0/s1. The van der Waals surface area contributed by atoms with Crippen molar-refractivity contribution in [1.29, 1.82) is 0 Å². The van der Waals surface area contributed by atoms with Crippen LogP contribution < -0.4 is 0 Å². The second kappa shape index (κ2) is 12.1. The van der Waals surface area contributed by atoms with Crippen LogP contribution in [0.1, 0.15) is 49.9 Å². The van der Waals surface area contributed by atoms with Gasteiger partial charge in [0.15, 0.2) is 9.84 Å². The summed E-state index contributed by atoms with van der Waals surface area (Å²) in [4.78, 5) is 30.6. The molecule has 1 N–H and O–H groups in total. The molecule has 0 radical (unpaired) electrons. The predicted molar refractivity (Wildman–Crippen MR) is 151 cm³/mol. The highest BCUT2D eigenvalue weighted by Crippen LogP contribution is 2.36. The van der Waals surface area contributed by atoms with Crippen LogP contribution in [0.15, 0.2) is 53.4 Å². The molecule has 2 amide bonds. The summed E-state index contributed by atoms with van der Waals surface area (Å²) in [5, 5.41) is 12.0. The molecule has 4 rings (SSSR count). The van der Waals surface area contributed by atoms with Gasteiger partial charge in [-0.1, -0.05) is 29.3 Å². The Morgan fingerprint density at radius 2 is 1.77 bits per heavy atom. The van der Waals surface area contributed by atoms with E-state index in [1.54, 1.807) is 29.2 Å². The number of carbonyl (C=O) groups excluding carboxylic acids is 2. The molecule has 0 spiro atoms. The minimum Gasteiger partial charge on any atom is -0.337 e. The van der Waals surface area contributed by atoms with Gasteiger partial charge in [0.05, 0.1) is 10.6 Å². The second-order valence-electron chi connectivity index (χ2n) is 10.8. The summed E-state index contributed by atoms with van der Waals surface area (Å²) in [5.74, 6) is -1.51. The molecule has 212 valence electrons. The van der Waals surface area contributed by atoms with Gasteiger partial charge >= 0.3 is 0 Å². The Hall–Kier alpha value is -2.17. The molecular weight excluding hydrogens is 561 g/mol. The van der Waals surface area contributed by atoms with Crippen LogP contribution in [0, 0.1) is 5.92 Å². The fourth-order valence-electron chi connectivity index (χ4n) is 5.76. The van der Waals surface area contributed by atoms with Gasteiger partial charge in [-0.05, 0) is 95.0 Å². The number of hydroxylamine groups is 2. The van der Waals surface area contributed by atoms with Crippen molar-refractivity contribution in [2.24, 2.45) is 5.92 Å². The number of amides is 2. The van der Waals surface area contributed by atoms with E-state index in [0.717, 1.165) is 6.42 Å². The fourth-order valence-corrected chi connectivity index (χ4v) is 7.74. The van der Waals surface area contributed by atoms with Crippen LogP contribution in [0.25, 0.3) is 0 Å². The Morgan fingerprint density at radius 3 is 2.41 bits per heavy atom. The van der Waals surface area contributed by atoms with Gasteiger partial charge in [-0.3, -0.25) is 14.8 Å². The molecule has 1 aliphatic carbocycles. The molecule has 1 saturated heterocycles. The van der Waals surface area contributed by atoms with Crippen LogP contribution in [-0.2, 0) is 14.6 Å². The van der Waals surface area contributed by atoms with Gasteiger partial charge < -0.3 is 9.80 Å². The molecule has 11 heteroatoms. The predicted octanol–water partition coefficient (Wildman–Crippen LogP) is 4.78. The van der Waals surface area contributed by atoms with E-state index in [0.29, 0.717) is 40.5 Å². The third kappa shape index (κ3) is 6.60. The van der Waals surface area contributed by atoms with Crippen molar-refractivity contribution in [3.05, 3.63) is 64.1 Å². The van der Waals surface area contributed by atoms with Crippen molar-refractivity contribution in [2.75, 3.05) is 19.3 Å². The first-order chi connectivity index (χ1) is 18.4. The molecule has 0 aromatic heterocycles. The maximum absolute atomic E-state index is 13.6. The van der Waals surface area contributed by atoms with Crippen LogP contribution in [-0.4, -0.2) is 83.8 Å². The lowest BCUT2D eigenvalue weighted by Crippen LogP contribution is -2.53. The van der Waals surface area contributed by atoms with E-state index < -0.39 is 21.8 Å². The molecule has 2 fully saturated rings. The topological polar surface area (TPSA) is 98.2 Å². The van der Waals surface area contributed by atoms with Gasteiger partial charge in [0, 0.05) is 40.3 Å². The zero-order valence-electron chi connectivity index (χ0n) is 22.3. The van der Waals surface area contributed by atoms with Crippen molar-refractivity contribution < 1.29 is 23.2 Å². The lowest BCUT2D eigenvalue weighted by atomic mass is 9.81. The third-order valence-electron chi connectivity index (χ3n) is 8.10. The Balaban J connectivity index is 1.56. The first-order valence-corrected chi connectivity index (χ1v) is 15.6. The van der Waals surface area contributed by atoms with E-state index in [1.165, 1.54) is 24.3 Å². The summed E-state index contributed by atoms with van der Waals surface area (Å²) in [6, 6.07) is 11.4. The highest BCUT2D eigenvalue weighted by Gasteiger charge is 2.46. The highest BCUT2D eigenvalue weighted by atomic mass is 35.5. The molecule has 2 aliphatic rings. The van der Waals surface area contributed by atoms with E-state index in [2.05, 4.69) is 18.7 Å². The van der Waals surface area contributed by atoms with E-state index in [-0.39, 0.29) is 46.5 Å². The van der Waals surface area contributed by atoms with Gasteiger partial charge in [0.25, 0.3) is 5.91 Å². The summed E-state index contributed by atoms with van der Waals surface area (Å²) in [6.45, 7) is 4.54. The number of nitrogens with zero attached hydrogens (tertiary/aromatic N) is 3. The van der Waals surface area contributed by atoms with Crippen LogP contribution in [0.3, 0.4) is 0 Å². The van der Waals surface area contributed by atoms with Crippen molar-refractivity contribution in [1.82, 2.24) is 14.9 Å². The third-order valence-corrected chi connectivity index (χ3v) is 10.4. The molecule has 0 bridgehead atoms. The molecule has 8 nitrogen and oxygen atoms in total. The number of hydrogen-bond donors (Lipinski definition) is 1. The fraction of sp³-hybridized carbons (Fsp3) is 0.500. The van der Waals surface area contributed by atoms with Crippen LogP contribution in [0.4, 0.5) is 0 Å². The highest BCUT2D eigenvalue weighted by molar-refractivity contribution is 7.91. The van der Waals surface area contributed by atoms with Crippen molar-refractivity contribution in [3.63, 3.8) is 0 Å². The maximum atomic E-state index is 13.6. The Labute approximate surface area is 240 Å². The molecule has 2 aromatic carbocycles. The zero-order valence-corrected chi connectivity index (χ0v) is 24.7. The second-order valence-corrected chi connectivity index (χ2v) is 13.7. The van der Waals surface area contributed by atoms with Gasteiger partial charge in [-0.15, -0.1) is 0 Å². The van der Waals surface area contributed by atoms with Gasteiger partial charge in [0.1, 0.15) is 6.04 Å². The van der Waals surface area contributed by atoms with E-state index in [1.807, 2.05) is 7.05 Å². The Bertz CT molecular complexity index is 1300. The lowest BCUT2D eigenvalue weighted by molar-refractivity contribution is -0.147. The first kappa shape index (κ1) is 29.8. The summed E-state index contributed by atoms with van der Waals surface area (Å²) in [6.07, 6.45) is 2.32. The average molecular weight is 597 g/mol. The number of carbonyl (C=O) groups is 2. The number of hydrogen-bond acceptors (Lipinski definition) is 6. The monoisotopic (exact) mass is 595 g/mol. The molecule has 2 aromatic rings. The zero-order chi connectivity index (χ0) is 28.5. The Kier molecular flexibility index (Phi) is 9.28. The minimum atomic E-state index is -3.65. The smallest absolute Gasteiger partial charge is 0.278 e. The number of sulfone groups is 1. The summed E-state index contributed by atoms with van der Waals surface area (Å²) in [5.41, 5.74) is 0.181. The largest absolute Gasteiger partial charge is 0.337 e. The number of rotatable bonds is 8. The van der Waals surface area contributed by atoms with E-state index in [9.17, 15) is 23.2 Å². The summed E-state index contributed by atoms with van der Waals surface area (Å²) < 4.78 is 26.9. The lowest BCUT2D eigenvalue weighted by Gasteiger charge is -2.44. The first-order valence-electron chi connectivity index (χ1n) is 13.2. The van der Waals surface area contributed by atoms with Crippen LogP contribution >= 0.6 is 23.2 Å². The van der Waals surface area contributed by atoms with Gasteiger partial charge in [0.2, 0.25) is 5.91 Å². The quantitative estimate of drug-likeness (QED) is 0.348. The molecule has 0 unspecified atom stereocenters. The van der Waals surface area contributed by atoms with Gasteiger partial charge in [-0.2, -0.15) is 0 Å². The van der Waals surface area contributed by atoms with Crippen molar-refractivity contribution in [3.8, 4) is 0 Å². The molecule has 1 heterocycles.